The van der Waals surface area contributed by atoms with Gasteiger partial charge in [0.25, 0.3) is 0 Å². The third-order valence-electron chi connectivity index (χ3n) is 3.75. The van der Waals surface area contributed by atoms with Gasteiger partial charge in [0.15, 0.2) is 5.82 Å². The molecule has 0 saturated carbocycles. The Balaban J connectivity index is 1.92. The minimum Gasteiger partial charge on any atom is -0.361 e. The molecule has 0 aliphatic heterocycles. The molecule has 5 nitrogen and oxygen atoms in total. The minimum absolute atomic E-state index is 0.161. The molecule has 1 N–H and O–H groups in total. The minimum atomic E-state index is 0.161. The zero-order valence-corrected chi connectivity index (χ0v) is 15.0. The van der Waals surface area contributed by atoms with Crippen LogP contribution in [0.15, 0.2) is 36.0 Å². The van der Waals surface area contributed by atoms with E-state index >= 15 is 0 Å². The van der Waals surface area contributed by atoms with E-state index in [4.69, 9.17) is 4.98 Å². The number of aryl methyl sites for hydroxylation is 2. The second-order valence-electron chi connectivity index (χ2n) is 5.59. The summed E-state index contributed by atoms with van der Waals surface area (Å²) in [5.74, 6) is 1.57. The van der Waals surface area contributed by atoms with Gasteiger partial charge in [-0.3, -0.25) is 4.98 Å². The fraction of sp³-hybridized carbons (Fsp3) is 0.333. The summed E-state index contributed by atoms with van der Waals surface area (Å²) >= 11 is 1.69. The van der Waals surface area contributed by atoms with Gasteiger partial charge in [-0.1, -0.05) is 13.8 Å². The van der Waals surface area contributed by atoms with Crippen molar-refractivity contribution in [1.29, 1.82) is 0 Å². The quantitative estimate of drug-likeness (QED) is 0.720. The van der Waals surface area contributed by atoms with Crippen LogP contribution in [0, 0.1) is 6.92 Å². The first kappa shape index (κ1) is 16.5. The molecule has 3 aromatic rings. The van der Waals surface area contributed by atoms with Gasteiger partial charge in [-0.15, -0.1) is 11.3 Å². The maximum absolute atomic E-state index is 4.70. The average Bonchev–Trinajstić information content (AvgIpc) is 3.06. The van der Waals surface area contributed by atoms with E-state index in [-0.39, 0.29) is 6.04 Å². The Bertz CT molecular complexity index is 800. The molecule has 0 aliphatic carbocycles. The smallest absolute Gasteiger partial charge is 0.161 e. The van der Waals surface area contributed by atoms with Crippen LogP contribution in [-0.2, 0) is 6.42 Å². The van der Waals surface area contributed by atoms with Crippen molar-refractivity contribution < 1.29 is 0 Å². The van der Waals surface area contributed by atoms with Crippen molar-refractivity contribution in [2.45, 2.75) is 39.7 Å². The molecule has 24 heavy (non-hydrogen) atoms. The standard InChI is InChI=1S/C18H21N5S/c1-4-14-10-16(22-15(5-2)18-20-12(3)11-24-18)23-17(21-14)13-6-8-19-9-7-13/h6-11,15H,4-5H2,1-3H3,(H,21,22,23). The predicted octanol–water partition coefficient (Wildman–Crippen LogP) is 4.43. The van der Waals surface area contributed by atoms with Crippen LogP contribution in [-0.4, -0.2) is 19.9 Å². The zero-order chi connectivity index (χ0) is 16.9. The lowest BCUT2D eigenvalue weighted by Crippen LogP contribution is -2.12. The highest BCUT2D eigenvalue weighted by Crippen LogP contribution is 2.26. The van der Waals surface area contributed by atoms with Gasteiger partial charge in [0, 0.05) is 40.8 Å². The molecule has 3 heterocycles. The van der Waals surface area contributed by atoms with Crippen LogP contribution < -0.4 is 5.32 Å². The highest BCUT2D eigenvalue weighted by molar-refractivity contribution is 7.09. The van der Waals surface area contributed by atoms with Crippen LogP contribution >= 0.6 is 11.3 Å². The molecule has 0 radical (unpaired) electrons. The lowest BCUT2D eigenvalue weighted by Gasteiger charge is -2.16. The summed E-state index contributed by atoms with van der Waals surface area (Å²) in [5, 5.41) is 6.70. The molecule has 0 spiro atoms. The van der Waals surface area contributed by atoms with Crippen molar-refractivity contribution in [2.24, 2.45) is 0 Å². The number of pyridine rings is 1. The number of nitrogens with one attached hydrogen (secondary N) is 1. The van der Waals surface area contributed by atoms with Gasteiger partial charge < -0.3 is 5.32 Å². The van der Waals surface area contributed by atoms with Gasteiger partial charge in [0.1, 0.15) is 10.8 Å². The Morgan fingerprint density at radius 2 is 1.92 bits per heavy atom. The predicted molar refractivity (Wildman–Crippen MR) is 98.1 cm³/mol. The van der Waals surface area contributed by atoms with E-state index in [1.807, 2.05) is 25.1 Å². The average molecular weight is 339 g/mol. The van der Waals surface area contributed by atoms with Crippen molar-refractivity contribution in [3.8, 4) is 11.4 Å². The largest absolute Gasteiger partial charge is 0.361 e. The summed E-state index contributed by atoms with van der Waals surface area (Å²) in [6.45, 7) is 6.28. The molecule has 0 aliphatic rings. The molecule has 6 heteroatoms. The second-order valence-corrected chi connectivity index (χ2v) is 6.48. The normalized spacial score (nSPS) is 12.1. The Labute approximate surface area is 146 Å². The van der Waals surface area contributed by atoms with E-state index < -0.39 is 0 Å². The Morgan fingerprint density at radius 1 is 1.12 bits per heavy atom. The van der Waals surface area contributed by atoms with Crippen LogP contribution in [0.2, 0.25) is 0 Å². The Hall–Kier alpha value is -2.34. The number of aromatic nitrogens is 4. The van der Waals surface area contributed by atoms with Crippen molar-refractivity contribution in [2.75, 3.05) is 5.32 Å². The first-order valence-electron chi connectivity index (χ1n) is 8.16. The summed E-state index contributed by atoms with van der Waals surface area (Å²) in [7, 11) is 0. The molecule has 124 valence electrons. The number of nitrogens with zero attached hydrogens (tertiary/aromatic N) is 4. The fourth-order valence-electron chi connectivity index (χ4n) is 2.43. The van der Waals surface area contributed by atoms with Crippen LogP contribution in [0.25, 0.3) is 11.4 Å². The third-order valence-corrected chi connectivity index (χ3v) is 4.82. The lowest BCUT2D eigenvalue weighted by molar-refractivity contribution is 0.734. The molecule has 1 unspecified atom stereocenters. The summed E-state index contributed by atoms with van der Waals surface area (Å²) in [6, 6.07) is 6.04. The Morgan fingerprint density at radius 3 is 2.54 bits per heavy atom. The maximum Gasteiger partial charge on any atom is 0.161 e. The molecular weight excluding hydrogens is 318 g/mol. The summed E-state index contributed by atoms with van der Waals surface area (Å²) in [5.41, 5.74) is 3.05. The first-order chi connectivity index (χ1) is 11.7. The van der Waals surface area contributed by atoms with Gasteiger partial charge in [-0.25, -0.2) is 15.0 Å². The molecule has 3 aromatic heterocycles. The zero-order valence-electron chi connectivity index (χ0n) is 14.2. The number of hydrogen-bond acceptors (Lipinski definition) is 6. The Kier molecular flexibility index (Phi) is 5.15. The van der Waals surface area contributed by atoms with E-state index in [0.717, 1.165) is 46.4 Å². The monoisotopic (exact) mass is 339 g/mol. The molecule has 1 atom stereocenters. The van der Waals surface area contributed by atoms with E-state index in [2.05, 4.69) is 39.5 Å². The van der Waals surface area contributed by atoms with Crippen LogP contribution in [0.5, 0.6) is 0 Å². The van der Waals surface area contributed by atoms with Crippen LogP contribution in [0.1, 0.15) is 42.7 Å². The van der Waals surface area contributed by atoms with E-state index in [0.29, 0.717) is 0 Å². The van der Waals surface area contributed by atoms with Crippen molar-refractivity contribution in [3.05, 3.63) is 52.4 Å². The van der Waals surface area contributed by atoms with Crippen molar-refractivity contribution in [3.63, 3.8) is 0 Å². The second kappa shape index (κ2) is 7.49. The number of hydrogen-bond donors (Lipinski definition) is 1. The van der Waals surface area contributed by atoms with E-state index in [1.54, 1.807) is 23.7 Å². The van der Waals surface area contributed by atoms with Gasteiger partial charge >= 0.3 is 0 Å². The lowest BCUT2D eigenvalue weighted by atomic mass is 10.2. The number of anilines is 1. The SMILES string of the molecule is CCc1cc(NC(CC)c2nc(C)cs2)nc(-c2ccncc2)n1. The molecule has 0 saturated heterocycles. The topological polar surface area (TPSA) is 63.6 Å². The van der Waals surface area contributed by atoms with Crippen LogP contribution in [0.3, 0.4) is 0 Å². The molecule has 0 bridgehead atoms. The summed E-state index contributed by atoms with van der Waals surface area (Å²) < 4.78 is 0. The first-order valence-corrected chi connectivity index (χ1v) is 9.04. The highest BCUT2D eigenvalue weighted by Gasteiger charge is 2.15. The van der Waals surface area contributed by atoms with Gasteiger partial charge in [-0.2, -0.15) is 0 Å². The molecule has 3 rings (SSSR count). The van der Waals surface area contributed by atoms with Gasteiger partial charge in [0.2, 0.25) is 0 Å². The van der Waals surface area contributed by atoms with Gasteiger partial charge in [-0.05, 0) is 31.9 Å². The van der Waals surface area contributed by atoms with Crippen LogP contribution in [0.4, 0.5) is 5.82 Å². The fourth-order valence-corrected chi connectivity index (χ4v) is 3.36. The van der Waals surface area contributed by atoms with Gasteiger partial charge in [0.05, 0.1) is 6.04 Å². The third kappa shape index (κ3) is 3.76. The molecule has 0 fully saturated rings. The highest BCUT2D eigenvalue weighted by atomic mass is 32.1. The van der Waals surface area contributed by atoms with Crippen molar-refractivity contribution in [1.82, 2.24) is 19.9 Å². The molecule has 0 aromatic carbocycles. The van der Waals surface area contributed by atoms with Crippen molar-refractivity contribution >= 4 is 17.2 Å². The summed E-state index contributed by atoms with van der Waals surface area (Å²) in [4.78, 5) is 18.0. The summed E-state index contributed by atoms with van der Waals surface area (Å²) in [6.07, 6.45) is 5.33. The molecule has 0 amide bonds. The number of thiazole rings is 1. The van der Waals surface area contributed by atoms with E-state index in [9.17, 15) is 0 Å². The molecular formula is C18H21N5S. The maximum atomic E-state index is 4.70. The van der Waals surface area contributed by atoms with E-state index in [1.165, 1.54) is 0 Å². The number of rotatable bonds is 6.